The van der Waals surface area contributed by atoms with Crippen LogP contribution in [0.1, 0.15) is 19.4 Å². The average molecular weight is 288 g/mol. The van der Waals surface area contributed by atoms with E-state index >= 15 is 0 Å². The van der Waals surface area contributed by atoms with E-state index in [1.807, 2.05) is 18.7 Å². The Hall–Kier alpha value is -2.88. The minimum Gasteiger partial charge on any atom is -0.372 e. The first-order valence-electron chi connectivity index (χ1n) is 6.39. The second kappa shape index (κ2) is 7.05. The van der Waals surface area contributed by atoms with E-state index in [4.69, 9.17) is 11.0 Å². The summed E-state index contributed by atoms with van der Waals surface area (Å²) in [4.78, 5) is 23.5. The molecule has 0 aliphatic heterocycles. The summed E-state index contributed by atoms with van der Waals surface area (Å²) in [6.45, 7) is 5.26. The summed E-state index contributed by atoms with van der Waals surface area (Å²) in [6, 6.07) is 6.02. The summed E-state index contributed by atoms with van der Waals surface area (Å²) >= 11 is 0. The maximum atomic E-state index is 11.2. The predicted octanol–water partition coefficient (Wildman–Crippen LogP) is 1.83. The smallest absolute Gasteiger partial charge is 0.270 e. The summed E-state index contributed by atoms with van der Waals surface area (Å²) in [7, 11) is 0. The zero-order valence-electron chi connectivity index (χ0n) is 11.9. The van der Waals surface area contributed by atoms with Crippen molar-refractivity contribution in [3.8, 4) is 6.07 Å². The van der Waals surface area contributed by atoms with E-state index in [9.17, 15) is 14.9 Å². The van der Waals surface area contributed by atoms with E-state index in [0.29, 0.717) is 24.3 Å². The number of nitrogens with zero attached hydrogens (tertiary/aromatic N) is 3. The Balaban J connectivity index is 3.50. The summed E-state index contributed by atoms with van der Waals surface area (Å²) in [5.41, 5.74) is 5.88. The van der Waals surface area contributed by atoms with Gasteiger partial charge in [0.15, 0.2) is 0 Å². The standard InChI is InChI=1S/C14H16N4O3/c1-3-17(4-2)13-6-5-12(18(20)21)8-10(13)7-11(9-15)14(16)19/h5-8H,3-4H2,1-2H3,(H2,16,19)/b11-7+. The van der Waals surface area contributed by atoms with E-state index in [-0.39, 0.29) is 11.3 Å². The minimum atomic E-state index is -0.866. The van der Waals surface area contributed by atoms with Gasteiger partial charge in [0.1, 0.15) is 11.6 Å². The fraction of sp³-hybridized carbons (Fsp3) is 0.286. The molecule has 0 aliphatic rings. The highest BCUT2D eigenvalue weighted by atomic mass is 16.6. The number of nitrogens with two attached hydrogens (primary N) is 1. The number of carbonyl (C=O) groups is 1. The summed E-state index contributed by atoms with van der Waals surface area (Å²) < 4.78 is 0. The number of benzene rings is 1. The lowest BCUT2D eigenvalue weighted by Crippen LogP contribution is -2.23. The van der Waals surface area contributed by atoms with Crippen molar-refractivity contribution in [3.05, 3.63) is 39.4 Å². The number of primary amides is 1. The molecule has 0 atom stereocenters. The van der Waals surface area contributed by atoms with E-state index in [1.165, 1.54) is 18.2 Å². The molecule has 7 nitrogen and oxygen atoms in total. The number of anilines is 1. The third kappa shape index (κ3) is 3.79. The van der Waals surface area contributed by atoms with Crippen molar-refractivity contribution in [1.29, 1.82) is 5.26 Å². The molecule has 0 aromatic heterocycles. The Morgan fingerprint density at radius 2 is 2.10 bits per heavy atom. The second-order valence-corrected chi connectivity index (χ2v) is 4.21. The Morgan fingerprint density at radius 1 is 1.48 bits per heavy atom. The van der Waals surface area contributed by atoms with Gasteiger partial charge in [-0.25, -0.2) is 0 Å². The van der Waals surface area contributed by atoms with Crippen molar-refractivity contribution in [1.82, 2.24) is 0 Å². The van der Waals surface area contributed by atoms with Crippen molar-refractivity contribution >= 4 is 23.4 Å². The molecule has 1 rings (SSSR count). The topological polar surface area (TPSA) is 113 Å². The number of nitriles is 1. The van der Waals surface area contributed by atoms with Gasteiger partial charge in [-0.05, 0) is 26.0 Å². The second-order valence-electron chi connectivity index (χ2n) is 4.21. The lowest BCUT2D eigenvalue weighted by Gasteiger charge is -2.23. The fourth-order valence-electron chi connectivity index (χ4n) is 1.94. The predicted molar refractivity (Wildman–Crippen MR) is 79.4 cm³/mol. The van der Waals surface area contributed by atoms with Crippen LogP contribution in [0.2, 0.25) is 0 Å². The monoisotopic (exact) mass is 288 g/mol. The Morgan fingerprint density at radius 3 is 2.52 bits per heavy atom. The van der Waals surface area contributed by atoms with Crippen LogP contribution in [0.4, 0.5) is 11.4 Å². The number of rotatable bonds is 6. The molecule has 0 spiro atoms. The van der Waals surface area contributed by atoms with Crippen LogP contribution < -0.4 is 10.6 Å². The van der Waals surface area contributed by atoms with Gasteiger partial charge in [0, 0.05) is 36.5 Å². The molecule has 1 amide bonds. The normalized spacial score (nSPS) is 10.8. The Labute approximate surface area is 122 Å². The van der Waals surface area contributed by atoms with E-state index in [1.54, 1.807) is 12.1 Å². The molecular weight excluding hydrogens is 272 g/mol. The van der Waals surface area contributed by atoms with Crippen LogP contribution in [0.15, 0.2) is 23.8 Å². The first-order valence-corrected chi connectivity index (χ1v) is 6.39. The fourth-order valence-corrected chi connectivity index (χ4v) is 1.94. The molecule has 1 aromatic rings. The number of nitro groups is 1. The van der Waals surface area contributed by atoms with Gasteiger partial charge in [-0.15, -0.1) is 0 Å². The number of non-ortho nitro benzene ring substituents is 1. The molecule has 0 heterocycles. The van der Waals surface area contributed by atoms with Gasteiger partial charge in [0.2, 0.25) is 0 Å². The highest BCUT2D eigenvalue weighted by molar-refractivity contribution is 6.01. The van der Waals surface area contributed by atoms with Crippen LogP contribution in [-0.4, -0.2) is 23.9 Å². The van der Waals surface area contributed by atoms with Crippen LogP contribution in [0.25, 0.3) is 6.08 Å². The zero-order valence-corrected chi connectivity index (χ0v) is 11.9. The largest absolute Gasteiger partial charge is 0.372 e. The maximum absolute atomic E-state index is 11.2. The number of amides is 1. The van der Waals surface area contributed by atoms with E-state index < -0.39 is 10.8 Å². The zero-order chi connectivity index (χ0) is 16.0. The molecule has 110 valence electrons. The lowest BCUT2D eigenvalue weighted by molar-refractivity contribution is -0.384. The van der Waals surface area contributed by atoms with Crippen LogP contribution in [0.3, 0.4) is 0 Å². The quantitative estimate of drug-likeness (QED) is 0.371. The van der Waals surface area contributed by atoms with Crippen molar-refractivity contribution in [2.45, 2.75) is 13.8 Å². The Bertz CT molecular complexity index is 628. The third-order valence-electron chi connectivity index (χ3n) is 3.01. The minimum absolute atomic E-state index is 0.112. The van der Waals surface area contributed by atoms with Gasteiger partial charge in [-0.3, -0.25) is 14.9 Å². The molecular formula is C14H16N4O3. The van der Waals surface area contributed by atoms with Crippen LogP contribution in [-0.2, 0) is 4.79 Å². The highest BCUT2D eigenvalue weighted by Crippen LogP contribution is 2.27. The molecule has 0 radical (unpaired) electrons. The van der Waals surface area contributed by atoms with Gasteiger partial charge in [-0.2, -0.15) is 5.26 Å². The summed E-state index contributed by atoms with van der Waals surface area (Å²) in [6.07, 6.45) is 1.28. The summed E-state index contributed by atoms with van der Waals surface area (Å²) in [5.74, 6) is -0.866. The molecule has 0 fully saturated rings. The molecule has 2 N–H and O–H groups in total. The van der Waals surface area contributed by atoms with Crippen LogP contribution in [0, 0.1) is 21.4 Å². The van der Waals surface area contributed by atoms with Crippen molar-refractivity contribution < 1.29 is 9.72 Å². The third-order valence-corrected chi connectivity index (χ3v) is 3.01. The SMILES string of the molecule is CCN(CC)c1ccc([N+](=O)[O-])cc1/C=C(\C#N)C(N)=O. The summed E-state index contributed by atoms with van der Waals surface area (Å²) in [5, 5.41) is 19.8. The molecule has 0 saturated carbocycles. The molecule has 0 saturated heterocycles. The Kier molecular flexibility index (Phi) is 5.43. The van der Waals surface area contributed by atoms with Crippen molar-refractivity contribution in [3.63, 3.8) is 0 Å². The van der Waals surface area contributed by atoms with Crippen molar-refractivity contribution in [2.24, 2.45) is 5.73 Å². The number of carbonyl (C=O) groups excluding carboxylic acids is 1. The average Bonchev–Trinajstić information content (AvgIpc) is 2.46. The van der Waals surface area contributed by atoms with Crippen LogP contribution >= 0.6 is 0 Å². The first-order chi connectivity index (χ1) is 9.94. The number of hydrogen-bond donors (Lipinski definition) is 1. The highest BCUT2D eigenvalue weighted by Gasteiger charge is 2.14. The number of hydrogen-bond acceptors (Lipinski definition) is 5. The molecule has 0 bridgehead atoms. The lowest BCUT2D eigenvalue weighted by atomic mass is 10.1. The van der Waals surface area contributed by atoms with E-state index in [0.717, 1.165) is 0 Å². The molecule has 1 aromatic carbocycles. The van der Waals surface area contributed by atoms with Gasteiger partial charge >= 0.3 is 0 Å². The van der Waals surface area contributed by atoms with Gasteiger partial charge < -0.3 is 10.6 Å². The van der Waals surface area contributed by atoms with Gasteiger partial charge in [0.05, 0.1) is 4.92 Å². The van der Waals surface area contributed by atoms with Gasteiger partial charge in [-0.1, -0.05) is 0 Å². The maximum Gasteiger partial charge on any atom is 0.270 e. The molecule has 7 heteroatoms. The molecule has 0 aliphatic carbocycles. The molecule has 0 unspecified atom stereocenters. The number of nitro benzene ring substituents is 1. The van der Waals surface area contributed by atoms with Gasteiger partial charge in [0.25, 0.3) is 11.6 Å². The van der Waals surface area contributed by atoms with E-state index in [2.05, 4.69) is 0 Å². The molecule has 21 heavy (non-hydrogen) atoms. The van der Waals surface area contributed by atoms with Crippen molar-refractivity contribution in [2.75, 3.05) is 18.0 Å². The first kappa shape index (κ1) is 16.2. The van der Waals surface area contributed by atoms with Crippen LogP contribution in [0.5, 0.6) is 0 Å².